The number of amides is 3. The van der Waals surface area contributed by atoms with E-state index >= 15 is 0 Å². The minimum absolute atomic E-state index is 0.0566. The summed E-state index contributed by atoms with van der Waals surface area (Å²) in [4.78, 5) is 37.0. The van der Waals surface area contributed by atoms with Gasteiger partial charge in [-0.25, -0.2) is 0 Å². The van der Waals surface area contributed by atoms with Crippen molar-refractivity contribution in [2.45, 2.75) is 19.4 Å². The van der Waals surface area contributed by atoms with Crippen LogP contribution in [-0.2, 0) is 4.79 Å². The first-order valence-corrected chi connectivity index (χ1v) is 6.31. The van der Waals surface area contributed by atoms with Gasteiger partial charge in [-0.3, -0.25) is 23.7 Å². The Balaban J connectivity index is 2.40. The maximum absolute atomic E-state index is 12.5. The smallest absolute Gasteiger partial charge is 0.262 e. The third kappa shape index (κ3) is 2.17. The van der Waals surface area contributed by atoms with Gasteiger partial charge >= 0.3 is 0 Å². The van der Waals surface area contributed by atoms with Crippen LogP contribution in [0.15, 0.2) is 24.3 Å². The minimum Gasteiger partial charge on any atom is -0.368 e. The number of nitrogens with zero attached hydrogens (tertiary/aromatic N) is 1. The molecule has 106 valence electrons. The van der Waals surface area contributed by atoms with Gasteiger partial charge in [0.15, 0.2) is 0 Å². The van der Waals surface area contributed by atoms with E-state index in [-0.39, 0.29) is 17.5 Å². The third-order valence-electron chi connectivity index (χ3n) is 3.50. The molecule has 0 fully saturated rings. The molecule has 1 heterocycles. The topological polar surface area (TPSA) is 80.5 Å². The summed E-state index contributed by atoms with van der Waals surface area (Å²) >= 11 is 0. The average Bonchev–Trinajstić information content (AvgIpc) is 2.65. The van der Waals surface area contributed by atoms with Gasteiger partial charge in [0, 0.05) is 0 Å². The second-order valence-corrected chi connectivity index (χ2v) is 4.83. The molecule has 1 aliphatic heterocycles. The fourth-order valence-corrected chi connectivity index (χ4v) is 2.45. The monoisotopic (exact) mass is 278 g/mol. The molecule has 0 aromatic heterocycles. The van der Waals surface area contributed by atoms with Gasteiger partial charge < -0.3 is 5.73 Å². The number of primary amides is 1. The van der Waals surface area contributed by atoms with E-state index in [0.717, 1.165) is 4.90 Å². The zero-order valence-electron chi connectivity index (χ0n) is 11.0. The number of carbonyl (C=O) groups is 3. The molecule has 1 aromatic rings. The number of hydrogen-bond donors (Lipinski definition) is 1. The first kappa shape index (κ1) is 14.2. The van der Waals surface area contributed by atoms with Gasteiger partial charge in [-0.2, -0.15) is 0 Å². The Kier molecular flexibility index (Phi) is 3.83. The summed E-state index contributed by atoms with van der Waals surface area (Å²) in [6.07, 6.45) is 0.0566. The Bertz CT molecular complexity index is 538. The second-order valence-electron chi connectivity index (χ2n) is 4.83. The molecule has 5 nitrogen and oxygen atoms in total. The van der Waals surface area contributed by atoms with Crippen LogP contribution in [0.1, 0.15) is 34.1 Å². The molecule has 2 atom stereocenters. The molecule has 0 radical (unpaired) electrons. The molecule has 0 bridgehead atoms. The van der Waals surface area contributed by atoms with Gasteiger partial charge in [0.2, 0.25) is 5.91 Å². The number of benzene rings is 1. The summed E-state index contributed by atoms with van der Waals surface area (Å²) in [6, 6.07) is 5.19. The number of imide groups is 1. The van der Waals surface area contributed by atoms with Gasteiger partial charge in [0.25, 0.3) is 11.8 Å². The first-order chi connectivity index (χ1) is 9.49. The van der Waals surface area contributed by atoms with Gasteiger partial charge in [-0.1, -0.05) is 19.1 Å². The van der Waals surface area contributed by atoms with E-state index in [9.17, 15) is 18.8 Å². The number of fused-ring (bicyclic) bond motifs is 1. The van der Waals surface area contributed by atoms with Crippen LogP contribution in [0.25, 0.3) is 0 Å². The molecule has 0 saturated carbocycles. The number of halogens is 1. The van der Waals surface area contributed by atoms with E-state index < -0.39 is 36.4 Å². The molecule has 0 spiro atoms. The SMILES string of the molecule is C[C@@H](CCF)[C@@H](C(N)=O)N1C(=O)c2ccccc2C1=O. The Hall–Kier alpha value is -2.24. The van der Waals surface area contributed by atoms with E-state index in [0.29, 0.717) is 0 Å². The lowest BCUT2D eigenvalue weighted by Crippen LogP contribution is -2.51. The predicted octanol–water partition coefficient (Wildman–Crippen LogP) is 1.13. The Morgan fingerprint density at radius 3 is 2.15 bits per heavy atom. The van der Waals surface area contributed by atoms with Gasteiger partial charge in [0.05, 0.1) is 17.8 Å². The lowest BCUT2D eigenvalue weighted by molar-refractivity contribution is -0.123. The predicted molar refractivity (Wildman–Crippen MR) is 69.7 cm³/mol. The van der Waals surface area contributed by atoms with Crippen LogP contribution in [0.2, 0.25) is 0 Å². The van der Waals surface area contributed by atoms with Crippen LogP contribution >= 0.6 is 0 Å². The first-order valence-electron chi connectivity index (χ1n) is 6.31. The fourth-order valence-electron chi connectivity index (χ4n) is 2.45. The van der Waals surface area contributed by atoms with Crippen molar-refractivity contribution in [3.05, 3.63) is 35.4 Å². The summed E-state index contributed by atoms with van der Waals surface area (Å²) in [5.41, 5.74) is 5.79. The summed E-state index contributed by atoms with van der Waals surface area (Å²) in [5, 5.41) is 0. The summed E-state index contributed by atoms with van der Waals surface area (Å²) in [7, 11) is 0. The largest absolute Gasteiger partial charge is 0.368 e. The highest BCUT2D eigenvalue weighted by Crippen LogP contribution is 2.27. The molecule has 6 heteroatoms. The third-order valence-corrected chi connectivity index (χ3v) is 3.50. The zero-order chi connectivity index (χ0) is 14.9. The van der Waals surface area contributed by atoms with E-state index in [1.54, 1.807) is 19.1 Å². The molecule has 0 saturated heterocycles. The van der Waals surface area contributed by atoms with Crippen LogP contribution in [0.4, 0.5) is 4.39 Å². The Morgan fingerprint density at radius 2 is 1.75 bits per heavy atom. The zero-order valence-corrected chi connectivity index (χ0v) is 11.0. The van der Waals surface area contributed by atoms with Crippen LogP contribution in [0, 0.1) is 5.92 Å². The molecule has 20 heavy (non-hydrogen) atoms. The average molecular weight is 278 g/mol. The highest BCUT2D eigenvalue weighted by molar-refractivity contribution is 6.22. The van der Waals surface area contributed by atoms with Gasteiger partial charge in [-0.05, 0) is 24.5 Å². The standard InChI is InChI=1S/C14H15FN2O3/c1-8(6-7-15)11(12(16)18)17-13(19)9-4-2-3-5-10(9)14(17)20/h2-5,8,11H,6-7H2,1H3,(H2,16,18)/t8-,11-/m0/s1. The lowest BCUT2D eigenvalue weighted by atomic mass is 9.96. The Morgan fingerprint density at radius 1 is 1.25 bits per heavy atom. The molecule has 2 N–H and O–H groups in total. The highest BCUT2D eigenvalue weighted by atomic mass is 19.1. The van der Waals surface area contributed by atoms with Gasteiger partial charge in [0.1, 0.15) is 6.04 Å². The number of rotatable bonds is 5. The fraction of sp³-hybridized carbons (Fsp3) is 0.357. The summed E-state index contributed by atoms with van der Waals surface area (Å²) in [5.74, 6) is -2.44. The van der Waals surface area contributed by atoms with Crippen molar-refractivity contribution in [3.63, 3.8) is 0 Å². The number of carbonyl (C=O) groups excluding carboxylic acids is 3. The van der Waals surface area contributed by atoms with E-state index in [4.69, 9.17) is 5.73 Å². The molecule has 3 amide bonds. The minimum atomic E-state index is -1.13. The molecule has 1 aromatic carbocycles. The number of nitrogens with two attached hydrogens (primary N) is 1. The molecular formula is C14H15FN2O3. The Labute approximate surface area is 115 Å². The second kappa shape index (κ2) is 5.40. The normalized spacial score (nSPS) is 17.0. The quantitative estimate of drug-likeness (QED) is 0.820. The van der Waals surface area contributed by atoms with Crippen LogP contribution in [-0.4, -0.2) is 35.3 Å². The summed E-state index contributed by atoms with van der Waals surface area (Å²) in [6.45, 7) is 0.951. The molecule has 0 unspecified atom stereocenters. The molecular weight excluding hydrogens is 263 g/mol. The van der Waals surface area contributed by atoms with Crippen molar-refractivity contribution in [2.24, 2.45) is 11.7 Å². The lowest BCUT2D eigenvalue weighted by Gasteiger charge is -2.28. The van der Waals surface area contributed by atoms with Gasteiger partial charge in [-0.15, -0.1) is 0 Å². The summed E-state index contributed by atoms with van der Waals surface area (Å²) < 4.78 is 12.5. The van der Waals surface area contributed by atoms with Crippen molar-refractivity contribution >= 4 is 17.7 Å². The van der Waals surface area contributed by atoms with Crippen molar-refractivity contribution < 1.29 is 18.8 Å². The van der Waals surface area contributed by atoms with E-state index in [1.807, 2.05) is 0 Å². The van der Waals surface area contributed by atoms with Crippen molar-refractivity contribution in [1.29, 1.82) is 0 Å². The van der Waals surface area contributed by atoms with Crippen LogP contribution in [0.5, 0.6) is 0 Å². The highest BCUT2D eigenvalue weighted by Gasteiger charge is 2.43. The number of alkyl halides is 1. The van der Waals surface area contributed by atoms with Crippen molar-refractivity contribution in [2.75, 3.05) is 6.67 Å². The van der Waals surface area contributed by atoms with Crippen LogP contribution < -0.4 is 5.73 Å². The molecule has 0 aliphatic carbocycles. The van der Waals surface area contributed by atoms with Crippen LogP contribution in [0.3, 0.4) is 0 Å². The molecule has 2 rings (SSSR count). The maximum Gasteiger partial charge on any atom is 0.262 e. The maximum atomic E-state index is 12.5. The van der Waals surface area contributed by atoms with E-state index in [1.165, 1.54) is 12.1 Å². The van der Waals surface area contributed by atoms with Crippen molar-refractivity contribution in [3.8, 4) is 0 Å². The number of hydrogen-bond acceptors (Lipinski definition) is 3. The van der Waals surface area contributed by atoms with Crippen molar-refractivity contribution in [1.82, 2.24) is 4.90 Å². The van der Waals surface area contributed by atoms with E-state index in [2.05, 4.69) is 0 Å². The molecule has 1 aliphatic rings.